The zero-order valence-electron chi connectivity index (χ0n) is 20.2. The van der Waals surface area contributed by atoms with Crippen LogP contribution in [0, 0.1) is 5.41 Å². The van der Waals surface area contributed by atoms with E-state index in [-0.39, 0.29) is 11.3 Å². The third kappa shape index (κ3) is 5.06. The number of carbonyl (C=O) groups is 1. The summed E-state index contributed by atoms with van der Waals surface area (Å²) in [6.07, 6.45) is 13.8. The highest BCUT2D eigenvalue weighted by Gasteiger charge is 2.19. The fourth-order valence-electron chi connectivity index (χ4n) is 4.12. The standard InChI is InChI=1S/C27H29N7O/c1-27(2,3)17-30-26-29-15-21-20(8-4-5-9-23(21)33-26)18-10-12-34-24(13-18)22(16-31-34)25(35)32-19-7-6-11-28-14-19/h6-8,10-16H,4-5,9,17H2,1-3H3,(H,32,35)(H,29,30,33). The number of aromatic nitrogens is 5. The predicted molar refractivity (Wildman–Crippen MR) is 137 cm³/mol. The minimum Gasteiger partial charge on any atom is -0.354 e. The number of carbonyl (C=O) groups excluding carboxylic acids is 1. The van der Waals surface area contributed by atoms with Crippen LogP contribution in [0.3, 0.4) is 0 Å². The maximum atomic E-state index is 13.0. The lowest BCUT2D eigenvalue weighted by atomic mass is 9.97. The maximum Gasteiger partial charge on any atom is 0.259 e. The molecule has 0 saturated carbocycles. The van der Waals surface area contributed by atoms with Gasteiger partial charge in [0.15, 0.2) is 0 Å². The predicted octanol–water partition coefficient (Wildman–Crippen LogP) is 5.00. The van der Waals surface area contributed by atoms with Gasteiger partial charge < -0.3 is 10.6 Å². The number of pyridine rings is 2. The number of hydrogen-bond acceptors (Lipinski definition) is 6. The van der Waals surface area contributed by atoms with Gasteiger partial charge in [0.2, 0.25) is 5.95 Å². The van der Waals surface area contributed by atoms with Crippen molar-refractivity contribution in [3.63, 3.8) is 0 Å². The molecule has 1 aliphatic carbocycles. The fourth-order valence-corrected chi connectivity index (χ4v) is 4.12. The van der Waals surface area contributed by atoms with Gasteiger partial charge in [0.25, 0.3) is 5.91 Å². The number of aryl methyl sites for hydroxylation is 1. The second kappa shape index (κ2) is 9.29. The molecule has 0 unspecified atom stereocenters. The van der Waals surface area contributed by atoms with Gasteiger partial charge >= 0.3 is 0 Å². The first kappa shape index (κ1) is 22.7. The summed E-state index contributed by atoms with van der Waals surface area (Å²) in [5.41, 5.74) is 6.20. The molecular formula is C27H29N7O. The molecule has 1 amide bonds. The average Bonchev–Trinajstić information content (AvgIpc) is 3.15. The van der Waals surface area contributed by atoms with Crippen LogP contribution in [0.2, 0.25) is 0 Å². The number of nitrogens with one attached hydrogen (secondary N) is 2. The van der Waals surface area contributed by atoms with Gasteiger partial charge in [-0.25, -0.2) is 14.5 Å². The van der Waals surface area contributed by atoms with Crippen LogP contribution in [0.5, 0.6) is 0 Å². The van der Waals surface area contributed by atoms with E-state index in [2.05, 4.69) is 52.5 Å². The Morgan fingerprint density at radius 1 is 1.17 bits per heavy atom. The summed E-state index contributed by atoms with van der Waals surface area (Å²) in [4.78, 5) is 26.5. The lowest BCUT2D eigenvalue weighted by molar-refractivity contribution is 0.102. The monoisotopic (exact) mass is 467 g/mol. The summed E-state index contributed by atoms with van der Waals surface area (Å²) in [5.74, 6) is 0.443. The third-order valence-corrected chi connectivity index (χ3v) is 5.90. The topological polar surface area (TPSA) is 97.1 Å². The van der Waals surface area contributed by atoms with E-state index < -0.39 is 0 Å². The van der Waals surface area contributed by atoms with Crippen LogP contribution in [0.15, 0.2) is 61.3 Å². The lowest BCUT2D eigenvalue weighted by Gasteiger charge is -2.19. The summed E-state index contributed by atoms with van der Waals surface area (Å²) in [6, 6.07) is 7.62. The van der Waals surface area contributed by atoms with Crippen molar-refractivity contribution in [1.82, 2.24) is 24.6 Å². The van der Waals surface area contributed by atoms with Crippen molar-refractivity contribution in [1.29, 1.82) is 0 Å². The van der Waals surface area contributed by atoms with E-state index in [0.29, 0.717) is 17.2 Å². The van der Waals surface area contributed by atoms with Gasteiger partial charge in [-0.2, -0.15) is 5.10 Å². The molecule has 0 radical (unpaired) electrons. The zero-order chi connectivity index (χ0) is 24.4. The van der Waals surface area contributed by atoms with Crippen molar-refractivity contribution in [2.45, 2.75) is 40.0 Å². The molecule has 178 valence electrons. The molecule has 2 N–H and O–H groups in total. The van der Waals surface area contributed by atoms with E-state index in [1.165, 1.54) is 0 Å². The first-order valence-electron chi connectivity index (χ1n) is 11.9. The zero-order valence-corrected chi connectivity index (χ0v) is 20.2. The smallest absolute Gasteiger partial charge is 0.259 e. The Morgan fingerprint density at radius 3 is 2.86 bits per heavy atom. The number of hydrogen-bond donors (Lipinski definition) is 2. The minimum atomic E-state index is -0.224. The van der Waals surface area contributed by atoms with Crippen molar-refractivity contribution >= 4 is 28.6 Å². The Hall–Kier alpha value is -4.07. The van der Waals surface area contributed by atoms with Crippen LogP contribution in [0.25, 0.3) is 11.1 Å². The molecule has 0 spiro atoms. The van der Waals surface area contributed by atoms with Crippen molar-refractivity contribution < 1.29 is 4.79 Å². The molecular weight excluding hydrogens is 438 g/mol. The highest BCUT2D eigenvalue weighted by atomic mass is 16.1. The summed E-state index contributed by atoms with van der Waals surface area (Å²) in [5, 5.41) is 10.6. The molecule has 4 aromatic heterocycles. The van der Waals surface area contributed by atoms with E-state index in [0.717, 1.165) is 53.7 Å². The molecule has 1 aliphatic rings. The third-order valence-electron chi connectivity index (χ3n) is 5.90. The maximum absolute atomic E-state index is 13.0. The largest absolute Gasteiger partial charge is 0.354 e. The first-order chi connectivity index (χ1) is 16.9. The summed E-state index contributed by atoms with van der Waals surface area (Å²) < 4.78 is 1.72. The van der Waals surface area contributed by atoms with Crippen LogP contribution < -0.4 is 10.6 Å². The Morgan fingerprint density at radius 2 is 2.06 bits per heavy atom. The molecule has 4 aromatic rings. The van der Waals surface area contributed by atoms with Gasteiger partial charge in [-0.3, -0.25) is 9.78 Å². The molecule has 8 heteroatoms. The Balaban J connectivity index is 1.47. The van der Waals surface area contributed by atoms with Crippen molar-refractivity contribution in [2.24, 2.45) is 5.41 Å². The first-order valence-corrected chi connectivity index (χ1v) is 11.9. The highest BCUT2D eigenvalue weighted by molar-refractivity contribution is 6.09. The molecule has 35 heavy (non-hydrogen) atoms. The summed E-state index contributed by atoms with van der Waals surface area (Å²) in [7, 11) is 0. The molecule has 0 fully saturated rings. The molecule has 4 heterocycles. The number of amides is 1. The summed E-state index contributed by atoms with van der Waals surface area (Å²) >= 11 is 0. The van der Waals surface area contributed by atoms with Crippen LogP contribution >= 0.6 is 0 Å². The van der Waals surface area contributed by atoms with Crippen molar-refractivity contribution in [3.05, 3.63) is 83.7 Å². The number of allylic oxidation sites excluding steroid dienone is 1. The Bertz CT molecular complexity index is 1400. The van der Waals surface area contributed by atoms with Crippen molar-refractivity contribution in [2.75, 3.05) is 17.2 Å². The average molecular weight is 468 g/mol. The van der Waals surface area contributed by atoms with Gasteiger partial charge in [0.1, 0.15) is 0 Å². The van der Waals surface area contributed by atoms with Gasteiger partial charge in [-0.1, -0.05) is 26.8 Å². The SMILES string of the molecule is CC(C)(C)CNc1ncc2c(n1)CCCC=C2c1ccn2ncc(C(=O)Nc3cccnc3)c2c1. The molecule has 0 bridgehead atoms. The van der Waals surface area contributed by atoms with Crippen LogP contribution in [0.1, 0.15) is 60.8 Å². The number of nitrogens with zero attached hydrogens (tertiary/aromatic N) is 5. The summed E-state index contributed by atoms with van der Waals surface area (Å²) in [6.45, 7) is 7.35. The Kier molecular flexibility index (Phi) is 6.03. The normalized spacial score (nSPS) is 13.6. The quantitative estimate of drug-likeness (QED) is 0.429. The second-order valence-electron chi connectivity index (χ2n) is 9.98. The Labute approximate surface area is 204 Å². The minimum absolute atomic E-state index is 0.142. The van der Waals surface area contributed by atoms with Gasteiger partial charge in [-0.05, 0) is 60.1 Å². The highest BCUT2D eigenvalue weighted by Crippen LogP contribution is 2.31. The number of rotatable bonds is 5. The second-order valence-corrected chi connectivity index (χ2v) is 9.98. The lowest BCUT2D eigenvalue weighted by Crippen LogP contribution is -2.20. The van der Waals surface area contributed by atoms with Gasteiger partial charge in [0.05, 0.1) is 34.9 Å². The number of anilines is 2. The van der Waals surface area contributed by atoms with Gasteiger partial charge in [0, 0.05) is 30.7 Å². The van der Waals surface area contributed by atoms with E-state index in [1.807, 2.05) is 24.5 Å². The van der Waals surface area contributed by atoms with Crippen LogP contribution in [-0.2, 0) is 6.42 Å². The van der Waals surface area contributed by atoms with E-state index in [4.69, 9.17) is 4.98 Å². The number of fused-ring (bicyclic) bond motifs is 2. The fraction of sp³-hybridized carbons (Fsp3) is 0.296. The van der Waals surface area contributed by atoms with E-state index >= 15 is 0 Å². The molecule has 0 aliphatic heterocycles. The van der Waals surface area contributed by atoms with Crippen LogP contribution in [-0.4, -0.2) is 37.0 Å². The molecule has 0 saturated heterocycles. The van der Waals surface area contributed by atoms with Crippen molar-refractivity contribution in [3.8, 4) is 0 Å². The van der Waals surface area contributed by atoms with Gasteiger partial charge in [-0.15, -0.1) is 0 Å². The van der Waals surface area contributed by atoms with Crippen LogP contribution in [0.4, 0.5) is 11.6 Å². The molecule has 8 nitrogen and oxygen atoms in total. The molecule has 0 aromatic carbocycles. The van der Waals surface area contributed by atoms with E-state index in [1.54, 1.807) is 35.2 Å². The molecule has 5 rings (SSSR count). The molecule has 0 atom stereocenters. The van der Waals surface area contributed by atoms with E-state index in [9.17, 15) is 4.79 Å².